The number of hydrogen-bond acceptors (Lipinski definition) is 4. The molecule has 3 aromatic rings. The van der Waals surface area contributed by atoms with Gasteiger partial charge in [-0.1, -0.05) is 36.4 Å². The van der Waals surface area contributed by atoms with E-state index in [1.807, 2.05) is 36.4 Å². The van der Waals surface area contributed by atoms with Crippen LogP contribution in [0.3, 0.4) is 0 Å². The first-order chi connectivity index (χ1) is 12.8. The molecule has 0 saturated carbocycles. The zero-order valence-electron chi connectivity index (χ0n) is 14.0. The highest BCUT2D eigenvalue weighted by Gasteiger charge is 2.32. The highest BCUT2D eigenvalue weighted by molar-refractivity contribution is 5.98. The molecule has 0 radical (unpaired) electrons. The Morgan fingerprint density at radius 1 is 1.00 bits per heavy atom. The van der Waals surface area contributed by atoms with Crippen molar-refractivity contribution < 1.29 is 22.7 Å². The molecule has 0 unspecified atom stereocenters. The molecule has 2 N–H and O–H groups in total. The summed E-state index contributed by atoms with van der Waals surface area (Å²) >= 11 is 0. The standard InChI is InChI=1S/C20H15F3N2O2/c21-20(22,23)27-19-9-7-14(10-17(19)24)18(26)11-16-8-6-15(12-25-16)13-4-2-1-3-5-13/h1-10,12H,11,24H2. The maximum Gasteiger partial charge on any atom is 0.573 e. The van der Waals surface area contributed by atoms with Gasteiger partial charge in [-0.25, -0.2) is 0 Å². The molecular formula is C20H15F3N2O2. The molecule has 0 aliphatic heterocycles. The predicted molar refractivity (Wildman–Crippen MR) is 95.2 cm³/mol. The second-order valence-corrected chi connectivity index (χ2v) is 5.80. The van der Waals surface area contributed by atoms with Crippen molar-refractivity contribution in [1.82, 2.24) is 4.98 Å². The number of carbonyl (C=O) groups excluding carboxylic acids is 1. The Kier molecular flexibility index (Phi) is 5.12. The average molecular weight is 372 g/mol. The third kappa shape index (κ3) is 4.84. The van der Waals surface area contributed by atoms with Crippen LogP contribution < -0.4 is 10.5 Å². The summed E-state index contributed by atoms with van der Waals surface area (Å²) in [4.78, 5) is 16.6. The topological polar surface area (TPSA) is 65.2 Å². The fourth-order valence-electron chi connectivity index (χ4n) is 2.54. The lowest BCUT2D eigenvalue weighted by atomic mass is 10.0. The largest absolute Gasteiger partial charge is 0.573 e. The molecule has 3 rings (SSSR count). The molecule has 0 bridgehead atoms. The summed E-state index contributed by atoms with van der Waals surface area (Å²) in [5.41, 5.74) is 7.96. The van der Waals surface area contributed by atoms with Gasteiger partial charge in [0.05, 0.1) is 12.1 Å². The normalized spacial score (nSPS) is 11.2. The van der Waals surface area contributed by atoms with Gasteiger partial charge in [-0.15, -0.1) is 13.2 Å². The number of pyridine rings is 1. The van der Waals surface area contributed by atoms with Gasteiger partial charge in [-0.2, -0.15) is 0 Å². The molecule has 2 aromatic carbocycles. The number of nitrogen functional groups attached to an aromatic ring is 1. The molecule has 0 atom stereocenters. The lowest BCUT2D eigenvalue weighted by Crippen LogP contribution is -2.18. The Morgan fingerprint density at radius 2 is 1.74 bits per heavy atom. The molecule has 0 aliphatic carbocycles. The van der Waals surface area contributed by atoms with Crippen LogP contribution in [0.25, 0.3) is 11.1 Å². The molecule has 0 saturated heterocycles. The monoisotopic (exact) mass is 372 g/mol. The summed E-state index contributed by atoms with van der Waals surface area (Å²) in [5, 5.41) is 0. The first-order valence-electron chi connectivity index (χ1n) is 8.00. The number of halogens is 3. The minimum atomic E-state index is -4.84. The van der Waals surface area contributed by atoms with E-state index >= 15 is 0 Å². The number of ether oxygens (including phenoxy) is 1. The number of hydrogen-bond donors (Lipinski definition) is 1. The molecule has 0 aliphatic rings. The smallest absolute Gasteiger partial charge is 0.404 e. The predicted octanol–water partition coefficient (Wildman–Crippen LogP) is 4.65. The summed E-state index contributed by atoms with van der Waals surface area (Å²) in [6.07, 6.45) is -3.16. The molecule has 4 nitrogen and oxygen atoms in total. The maximum absolute atomic E-state index is 12.4. The van der Waals surface area contributed by atoms with Gasteiger partial charge in [0.1, 0.15) is 0 Å². The summed E-state index contributed by atoms with van der Waals surface area (Å²) < 4.78 is 40.6. The second-order valence-electron chi connectivity index (χ2n) is 5.80. The van der Waals surface area contributed by atoms with E-state index in [-0.39, 0.29) is 23.5 Å². The molecule has 138 valence electrons. The average Bonchev–Trinajstić information content (AvgIpc) is 2.63. The summed E-state index contributed by atoms with van der Waals surface area (Å²) in [6.45, 7) is 0. The number of alkyl halides is 3. The Bertz CT molecular complexity index is 940. The molecule has 0 fully saturated rings. The molecule has 27 heavy (non-hydrogen) atoms. The summed E-state index contributed by atoms with van der Waals surface area (Å²) in [6, 6.07) is 16.7. The Labute approximate surface area is 153 Å². The van der Waals surface area contributed by atoms with Gasteiger partial charge >= 0.3 is 6.36 Å². The number of anilines is 1. The van der Waals surface area contributed by atoms with Crippen LogP contribution in [0.5, 0.6) is 5.75 Å². The van der Waals surface area contributed by atoms with Crippen molar-refractivity contribution in [2.24, 2.45) is 0 Å². The lowest BCUT2D eigenvalue weighted by Gasteiger charge is -2.11. The molecular weight excluding hydrogens is 357 g/mol. The van der Waals surface area contributed by atoms with E-state index in [1.54, 1.807) is 12.3 Å². The molecule has 1 aromatic heterocycles. The quantitative estimate of drug-likeness (QED) is 0.523. The number of aromatic nitrogens is 1. The van der Waals surface area contributed by atoms with E-state index in [4.69, 9.17) is 5.73 Å². The van der Waals surface area contributed by atoms with Crippen molar-refractivity contribution in [2.75, 3.05) is 5.73 Å². The number of nitrogens with zero attached hydrogens (tertiary/aromatic N) is 1. The van der Waals surface area contributed by atoms with Gasteiger partial charge in [0, 0.05) is 23.0 Å². The van der Waals surface area contributed by atoms with E-state index in [0.29, 0.717) is 5.69 Å². The molecule has 0 spiro atoms. The van der Waals surface area contributed by atoms with E-state index < -0.39 is 12.1 Å². The number of benzene rings is 2. The van der Waals surface area contributed by atoms with Crippen LogP contribution in [0.4, 0.5) is 18.9 Å². The first kappa shape index (κ1) is 18.4. The fraction of sp³-hybridized carbons (Fsp3) is 0.100. The third-order valence-electron chi connectivity index (χ3n) is 3.83. The minimum Gasteiger partial charge on any atom is -0.404 e. The Hall–Kier alpha value is -3.35. The van der Waals surface area contributed by atoms with Crippen molar-refractivity contribution >= 4 is 11.5 Å². The number of carbonyl (C=O) groups is 1. The molecule has 0 amide bonds. The first-order valence-corrected chi connectivity index (χ1v) is 8.00. The number of Topliss-reactive ketones (excluding diaryl/α,β-unsaturated/α-hetero) is 1. The minimum absolute atomic E-state index is 0.00792. The number of rotatable bonds is 5. The van der Waals surface area contributed by atoms with Crippen molar-refractivity contribution in [3.05, 3.63) is 78.1 Å². The highest BCUT2D eigenvalue weighted by atomic mass is 19.4. The van der Waals surface area contributed by atoms with E-state index in [9.17, 15) is 18.0 Å². The van der Waals surface area contributed by atoms with Crippen molar-refractivity contribution in [1.29, 1.82) is 0 Å². The van der Waals surface area contributed by atoms with Crippen LogP contribution in [-0.2, 0) is 6.42 Å². The van der Waals surface area contributed by atoms with Crippen LogP contribution in [0.2, 0.25) is 0 Å². The highest BCUT2D eigenvalue weighted by Crippen LogP contribution is 2.29. The van der Waals surface area contributed by atoms with Crippen LogP contribution >= 0.6 is 0 Å². The van der Waals surface area contributed by atoms with Gasteiger partial charge < -0.3 is 10.5 Å². The van der Waals surface area contributed by atoms with E-state index in [2.05, 4.69) is 9.72 Å². The van der Waals surface area contributed by atoms with Crippen LogP contribution in [-0.4, -0.2) is 17.1 Å². The Morgan fingerprint density at radius 3 is 2.33 bits per heavy atom. The van der Waals surface area contributed by atoms with Gasteiger partial charge in [0.25, 0.3) is 0 Å². The molecule has 1 heterocycles. The summed E-state index contributed by atoms with van der Waals surface area (Å²) in [7, 11) is 0. The van der Waals surface area contributed by atoms with Gasteiger partial charge in [0.2, 0.25) is 0 Å². The summed E-state index contributed by atoms with van der Waals surface area (Å²) in [5.74, 6) is -0.843. The maximum atomic E-state index is 12.4. The van der Waals surface area contributed by atoms with Crippen LogP contribution in [0, 0.1) is 0 Å². The SMILES string of the molecule is Nc1cc(C(=O)Cc2ccc(-c3ccccc3)cn2)ccc1OC(F)(F)F. The number of ketones is 1. The third-order valence-corrected chi connectivity index (χ3v) is 3.83. The van der Waals surface area contributed by atoms with Gasteiger partial charge in [-0.05, 0) is 29.8 Å². The van der Waals surface area contributed by atoms with Crippen LogP contribution in [0.15, 0.2) is 66.9 Å². The van der Waals surface area contributed by atoms with Crippen molar-refractivity contribution in [3.63, 3.8) is 0 Å². The Balaban J connectivity index is 1.71. The van der Waals surface area contributed by atoms with Crippen LogP contribution in [0.1, 0.15) is 16.1 Å². The lowest BCUT2D eigenvalue weighted by molar-refractivity contribution is -0.274. The zero-order valence-corrected chi connectivity index (χ0v) is 14.0. The van der Waals surface area contributed by atoms with Gasteiger partial charge in [-0.3, -0.25) is 9.78 Å². The number of nitrogens with two attached hydrogens (primary N) is 1. The van der Waals surface area contributed by atoms with Gasteiger partial charge in [0.15, 0.2) is 11.5 Å². The van der Waals surface area contributed by atoms with Crippen molar-refractivity contribution in [2.45, 2.75) is 12.8 Å². The van der Waals surface area contributed by atoms with E-state index in [1.165, 1.54) is 12.1 Å². The zero-order chi connectivity index (χ0) is 19.4. The molecule has 7 heteroatoms. The van der Waals surface area contributed by atoms with Crippen molar-refractivity contribution in [3.8, 4) is 16.9 Å². The van der Waals surface area contributed by atoms with E-state index in [0.717, 1.165) is 17.2 Å². The second kappa shape index (κ2) is 7.49. The fourth-order valence-corrected chi connectivity index (χ4v) is 2.54.